The van der Waals surface area contributed by atoms with Crippen LogP contribution in [0.4, 0.5) is 0 Å². The van der Waals surface area contributed by atoms with E-state index in [1.165, 1.54) is 77.8 Å². The second-order valence-electron chi connectivity index (χ2n) is 7.22. The van der Waals surface area contributed by atoms with Gasteiger partial charge >= 0.3 is 0 Å². The van der Waals surface area contributed by atoms with Crippen LogP contribution in [0.1, 0.15) is 38.5 Å². The molecule has 20 heavy (non-hydrogen) atoms. The van der Waals surface area contributed by atoms with Crippen LogP contribution in [0, 0.1) is 0 Å². The molecule has 0 bridgehead atoms. The van der Waals surface area contributed by atoms with Gasteiger partial charge in [0, 0.05) is 31.2 Å². The van der Waals surface area contributed by atoms with Crippen molar-refractivity contribution in [1.29, 1.82) is 0 Å². The highest BCUT2D eigenvalue weighted by atomic mass is 15.3. The first-order chi connectivity index (χ1) is 9.73. The lowest BCUT2D eigenvalue weighted by Gasteiger charge is -2.46. The maximum atomic E-state index is 6.21. The molecule has 3 fully saturated rings. The summed E-state index contributed by atoms with van der Waals surface area (Å²) in [6.07, 6.45) is 8.12. The Morgan fingerprint density at radius 3 is 2.35 bits per heavy atom. The monoisotopic (exact) mass is 280 g/mol. The molecular formula is C16H32N4. The van der Waals surface area contributed by atoms with Gasteiger partial charge in [0.25, 0.3) is 0 Å². The van der Waals surface area contributed by atoms with Crippen LogP contribution in [0.25, 0.3) is 0 Å². The summed E-state index contributed by atoms with van der Waals surface area (Å²) in [5.41, 5.74) is 6.52. The van der Waals surface area contributed by atoms with Crippen molar-refractivity contribution >= 4 is 0 Å². The second-order valence-corrected chi connectivity index (χ2v) is 7.22. The molecule has 0 aromatic rings. The van der Waals surface area contributed by atoms with Gasteiger partial charge in [-0.15, -0.1) is 0 Å². The van der Waals surface area contributed by atoms with Crippen LogP contribution < -0.4 is 5.73 Å². The molecule has 0 radical (unpaired) electrons. The van der Waals surface area contributed by atoms with Gasteiger partial charge < -0.3 is 10.6 Å². The number of piperidine rings is 2. The summed E-state index contributed by atoms with van der Waals surface area (Å²) in [6.45, 7) is 8.45. The average Bonchev–Trinajstić information content (AvgIpc) is 3.00. The summed E-state index contributed by atoms with van der Waals surface area (Å²) < 4.78 is 0. The molecule has 4 heteroatoms. The number of rotatable bonds is 3. The Balaban J connectivity index is 1.60. The predicted molar refractivity (Wildman–Crippen MR) is 83.9 cm³/mol. The molecule has 0 spiro atoms. The van der Waals surface area contributed by atoms with Crippen LogP contribution >= 0.6 is 0 Å². The Morgan fingerprint density at radius 1 is 1.00 bits per heavy atom. The summed E-state index contributed by atoms with van der Waals surface area (Å²) in [4.78, 5) is 7.95. The minimum absolute atomic E-state index is 0.303. The van der Waals surface area contributed by atoms with E-state index in [4.69, 9.17) is 5.73 Å². The molecular weight excluding hydrogens is 248 g/mol. The zero-order chi connectivity index (χ0) is 14.0. The second kappa shape index (κ2) is 6.30. The van der Waals surface area contributed by atoms with E-state index in [1.54, 1.807) is 0 Å². The topological polar surface area (TPSA) is 35.7 Å². The van der Waals surface area contributed by atoms with Crippen molar-refractivity contribution in [2.45, 2.75) is 50.1 Å². The zero-order valence-corrected chi connectivity index (χ0v) is 13.2. The zero-order valence-electron chi connectivity index (χ0n) is 13.2. The molecule has 0 amide bonds. The Bertz CT molecular complexity index is 306. The van der Waals surface area contributed by atoms with Gasteiger partial charge in [-0.1, -0.05) is 6.42 Å². The molecule has 3 aliphatic rings. The quantitative estimate of drug-likeness (QED) is 0.836. The number of nitrogens with zero attached hydrogens (tertiary/aromatic N) is 3. The van der Waals surface area contributed by atoms with Crippen molar-refractivity contribution in [1.82, 2.24) is 14.7 Å². The molecule has 1 unspecified atom stereocenters. The first kappa shape index (κ1) is 14.8. The summed E-state index contributed by atoms with van der Waals surface area (Å²) in [6, 6.07) is 0.804. The summed E-state index contributed by atoms with van der Waals surface area (Å²) in [5.74, 6) is 0. The number of hydrogen-bond donors (Lipinski definition) is 1. The van der Waals surface area contributed by atoms with E-state index in [-0.39, 0.29) is 0 Å². The molecule has 2 N–H and O–H groups in total. The maximum absolute atomic E-state index is 6.21. The molecule has 0 saturated carbocycles. The Labute approximate surface area is 124 Å². The van der Waals surface area contributed by atoms with E-state index in [2.05, 4.69) is 21.7 Å². The van der Waals surface area contributed by atoms with E-state index < -0.39 is 0 Å². The van der Waals surface area contributed by atoms with Crippen molar-refractivity contribution in [2.24, 2.45) is 5.73 Å². The van der Waals surface area contributed by atoms with Gasteiger partial charge in [-0.2, -0.15) is 0 Å². The third kappa shape index (κ3) is 2.89. The fourth-order valence-electron chi connectivity index (χ4n) is 4.44. The minimum Gasteiger partial charge on any atom is -0.329 e. The van der Waals surface area contributed by atoms with Crippen LogP contribution in [0.2, 0.25) is 0 Å². The van der Waals surface area contributed by atoms with Crippen LogP contribution in [0.5, 0.6) is 0 Å². The largest absolute Gasteiger partial charge is 0.329 e. The van der Waals surface area contributed by atoms with Gasteiger partial charge in [0.15, 0.2) is 0 Å². The van der Waals surface area contributed by atoms with Crippen molar-refractivity contribution in [3.8, 4) is 0 Å². The normalized spacial score (nSPS) is 33.6. The Morgan fingerprint density at radius 2 is 1.70 bits per heavy atom. The number of hydrogen-bond acceptors (Lipinski definition) is 4. The van der Waals surface area contributed by atoms with Crippen LogP contribution in [0.15, 0.2) is 0 Å². The van der Waals surface area contributed by atoms with E-state index in [0.717, 1.165) is 12.6 Å². The fraction of sp³-hybridized carbons (Fsp3) is 1.00. The third-order valence-corrected chi connectivity index (χ3v) is 6.04. The van der Waals surface area contributed by atoms with E-state index in [0.29, 0.717) is 5.54 Å². The first-order valence-corrected chi connectivity index (χ1v) is 8.61. The molecule has 116 valence electrons. The Kier molecular flexibility index (Phi) is 4.65. The van der Waals surface area contributed by atoms with Gasteiger partial charge in [0.1, 0.15) is 0 Å². The minimum atomic E-state index is 0.303. The molecule has 1 atom stereocenters. The van der Waals surface area contributed by atoms with E-state index >= 15 is 0 Å². The lowest BCUT2D eigenvalue weighted by atomic mass is 9.86. The van der Waals surface area contributed by atoms with Crippen molar-refractivity contribution < 1.29 is 0 Å². The van der Waals surface area contributed by atoms with Gasteiger partial charge in [0.2, 0.25) is 0 Å². The smallest absolute Gasteiger partial charge is 0.0356 e. The SMILES string of the molecule is CN1CCC(CN)(N2CCC(N3CCCCC3)C2)CC1. The number of likely N-dealkylation sites (tertiary alicyclic amines) is 3. The van der Waals surface area contributed by atoms with Crippen molar-refractivity contribution in [2.75, 3.05) is 52.9 Å². The summed E-state index contributed by atoms with van der Waals surface area (Å²) in [5, 5.41) is 0. The van der Waals surface area contributed by atoms with Crippen molar-refractivity contribution in [3.63, 3.8) is 0 Å². The molecule has 3 heterocycles. The van der Waals surface area contributed by atoms with Crippen LogP contribution in [0.3, 0.4) is 0 Å². The van der Waals surface area contributed by atoms with Gasteiger partial charge in [-0.05, 0) is 65.3 Å². The average molecular weight is 280 g/mol. The molecule has 0 aromatic heterocycles. The van der Waals surface area contributed by atoms with Gasteiger partial charge in [0.05, 0.1) is 0 Å². The van der Waals surface area contributed by atoms with Crippen LogP contribution in [-0.4, -0.2) is 79.1 Å². The standard InChI is InChI=1S/C16H32N4/c1-18-11-6-16(14-17,7-12-18)20-10-5-15(13-20)19-8-3-2-4-9-19/h15H,2-14,17H2,1H3. The highest BCUT2D eigenvalue weighted by molar-refractivity contribution is 5.00. The fourth-order valence-corrected chi connectivity index (χ4v) is 4.44. The lowest BCUT2D eigenvalue weighted by molar-refractivity contribution is 0.0440. The van der Waals surface area contributed by atoms with E-state index in [9.17, 15) is 0 Å². The summed E-state index contributed by atoms with van der Waals surface area (Å²) in [7, 11) is 2.24. The first-order valence-electron chi connectivity index (χ1n) is 8.61. The highest BCUT2D eigenvalue weighted by Crippen LogP contribution is 2.32. The lowest BCUT2D eigenvalue weighted by Crippen LogP contribution is -2.58. The highest BCUT2D eigenvalue weighted by Gasteiger charge is 2.42. The van der Waals surface area contributed by atoms with Crippen molar-refractivity contribution in [3.05, 3.63) is 0 Å². The number of nitrogens with two attached hydrogens (primary N) is 1. The van der Waals surface area contributed by atoms with E-state index in [1.807, 2.05) is 0 Å². The van der Waals surface area contributed by atoms with Gasteiger partial charge in [-0.3, -0.25) is 9.80 Å². The summed E-state index contributed by atoms with van der Waals surface area (Å²) >= 11 is 0. The third-order valence-electron chi connectivity index (χ3n) is 6.04. The molecule has 4 nitrogen and oxygen atoms in total. The predicted octanol–water partition coefficient (Wildman–Crippen LogP) is 0.970. The molecule has 3 aliphatic heterocycles. The molecule has 3 rings (SSSR count). The molecule has 0 aromatic carbocycles. The molecule has 0 aliphatic carbocycles. The van der Waals surface area contributed by atoms with Crippen LogP contribution in [-0.2, 0) is 0 Å². The maximum Gasteiger partial charge on any atom is 0.0356 e. The Hall–Kier alpha value is -0.160. The van der Waals surface area contributed by atoms with Gasteiger partial charge in [-0.25, -0.2) is 0 Å². The molecule has 3 saturated heterocycles.